The van der Waals surface area contributed by atoms with Crippen molar-refractivity contribution >= 4 is 23.4 Å². The van der Waals surface area contributed by atoms with Crippen LogP contribution in [-0.2, 0) is 6.42 Å². The second-order valence-corrected chi connectivity index (χ2v) is 6.36. The molecule has 2 unspecified atom stereocenters. The van der Waals surface area contributed by atoms with Crippen LogP contribution in [0.2, 0.25) is 0 Å². The van der Waals surface area contributed by atoms with E-state index in [0.29, 0.717) is 0 Å². The number of aromatic carboxylic acids is 1. The van der Waals surface area contributed by atoms with Gasteiger partial charge < -0.3 is 10.0 Å². The minimum atomic E-state index is -1.05. The van der Waals surface area contributed by atoms with E-state index < -0.39 is 5.97 Å². The Labute approximate surface area is 132 Å². The van der Waals surface area contributed by atoms with Crippen LogP contribution in [-0.4, -0.2) is 39.3 Å². The zero-order valence-corrected chi connectivity index (χ0v) is 13.1. The molecule has 0 fully saturated rings. The number of hydrogen-bond acceptors (Lipinski definition) is 4. The molecule has 0 spiro atoms. The summed E-state index contributed by atoms with van der Waals surface area (Å²) >= 11 is 0.837. The average Bonchev–Trinajstić information content (AvgIpc) is 3.12. The summed E-state index contributed by atoms with van der Waals surface area (Å²) in [6, 6.07) is 9.63. The van der Waals surface area contributed by atoms with Crippen molar-refractivity contribution in [1.82, 2.24) is 9.27 Å². The van der Waals surface area contributed by atoms with Gasteiger partial charge in [-0.25, -0.2) is 4.79 Å². The molecular weight excluding hydrogens is 300 g/mol. The molecular formula is C16H16N2O3S. The van der Waals surface area contributed by atoms with Gasteiger partial charge in [-0.3, -0.25) is 4.79 Å². The lowest BCUT2D eigenvalue weighted by molar-refractivity contribution is 0.0702. The van der Waals surface area contributed by atoms with Gasteiger partial charge in [0.1, 0.15) is 10.6 Å². The molecule has 1 aromatic heterocycles. The minimum Gasteiger partial charge on any atom is -0.477 e. The molecule has 5 nitrogen and oxygen atoms in total. The van der Waals surface area contributed by atoms with Gasteiger partial charge in [0.2, 0.25) is 0 Å². The van der Waals surface area contributed by atoms with E-state index >= 15 is 0 Å². The van der Waals surface area contributed by atoms with Gasteiger partial charge in [0, 0.05) is 19.0 Å². The second kappa shape index (κ2) is 5.53. The summed E-state index contributed by atoms with van der Waals surface area (Å²) < 4.78 is 3.97. The number of nitrogens with zero attached hydrogens (tertiary/aromatic N) is 2. The molecule has 6 heteroatoms. The predicted octanol–water partition coefficient (Wildman–Crippen LogP) is 2.64. The van der Waals surface area contributed by atoms with Crippen LogP contribution in [0, 0.1) is 0 Å². The number of carbonyl (C=O) groups excluding carboxylic acids is 1. The number of carboxylic acid groups (broad SMARTS) is 1. The normalized spacial score (nSPS) is 19.7. The number of aromatic nitrogens is 1. The van der Waals surface area contributed by atoms with Gasteiger partial charge in [0.25, 0.3) is 5.91 Å². The molecule has 1 aliphatic rings. The summed E-state index contributed by atoms with van der Waals surface area (Å²) in [7, 11) is 1.76. The fraction of sp³-hybridized carbons (Fsp3) is 0.312. The first-order chi connectivity index (χ1) is 10.5. The number of amides is 1. The Morgan fingerprint density at radius 3 is 2.73 bits per heavy atom. The van der Waals surface area contributed by atoms with Crippen molar-refractivity contribution in [2.45, 2.75) is 25.3 Å². The van der Waals surface area contributed by atoms with Gasteiger partial charge in [-0.1, -0.05) is 31.2 Å². The maximum atomic E-state index is 12.5. The molecule has 0 aliphatic heterocycles. The SMILES string of the molecule is CC1c2ccccc2CC1N(C)C(=O)c1cc(C(=O)O)sn1. The molecule has 0 bridgehead atoms. The minimum absolute atomic E-state index is 0.0693. The van der Waals surface area contributed by atoms with E-state index in [2.05, 4.69) is 23.4 Å². The molecule has 0 radical (unpaired) electrons. The monoisotopic (exact) mass is 316 g/mol. The van der Waals surface area contributed by atoms with E-state index in [9.17, 15) is 9.59 Å². The zero-order valence-electron chi connectivity index (χ0n) is 12.3. The van der Waals surface area contributed by atoms with Gasteiger partial charge in [-0.15, -0.1) is 0 Å². The van der Waals surface area contributed by atoms with Gasteiger partial charge in [-0.2, -0.15) is 4.37 Å². The molecule has 1 amide bonds. The van der Waals surface area contributed by atoms with Crippen molar-refractivity contribution in [3.05, 3.63) is 52.0 Å². The summed E-state index contributed by atoms with van der Waals surface area (Å²) in [5.74, 6) is -1.03. The van der Waals surface area contributed by atoms with Crippen LogP contribution in [0.3, 0.4) is 0 Å². The molecule has 3 rings (SSSR count). The first kappa shape index (κ1) is 14.7. The quantitative estimate of drug-likeness (QED) is 0.945. The van der Waals surface area contributed by atoms with Crippen molar-refractivity contribution in [3.63, 3.8) is 0 Å². The van der Waals surface area contributed by atoms with Gasteiger partial charge in [0.15, 0.2) is 0 Å². The number of benzene rings is 1. The van der Waals surface area contributed by atoms with Crippen LogP contribution >= 0.6 is 11.5 Å². The molecule has 1 N–H and O–H groups in total. The number of rotatable bonds is 3. The van der Waals surface area contributed by atoms with E-state index in [1.165, 1.54) is 17.2 Å². The van der Waals surface area contributed by atoms with Gasteiger partial charge >= 0.3 is 5.97 Å². The van der Waals surface area contributed by atoms with Crippen molar-refractivity contribution < 1.29 is 14.7 Å². The average molecular weight is 316 g/mol. The maximum Gasteiger partial charge on any atom is 0.347 e. The Hall–Kier alpha value is -2.21. The van der Waals surface area contributed by atoms with E-state index in [4.69, 9.17) is 5.11 Å². The summed E-state index contributed by atoms with van der Waals surface area (Å²) in [5, 5.41) is 8.94. The summed E-state index contributed by atoms with van der Waals surface area (Å²) in [4.78, 5) is 25.2. The van der Waals surface area contributed by atoms with E-state index in [0.717, 1.165) is 18.0 Å². The Bertz CT molecular complexity index is 740. The van der Waals surface area contributed by atoms with Crippen LogP contribution in [0.25, 0.3) is 0 Å². The van der Waals surface area contributed by atoms with Crippen molar-refractivity contribution in [1.29, 1.82) is 0 Å². The van der Waals surface area contributed by atoms with Gasteiger partial charge in [0.05, 0.1) is 0 Å². The van der Waals surface area contributed by atoms with Crippen molar-refractivity contribution in [3.8, 4) is 0 Å². The smallest absolute Gasteiger partial charge is 0.347 e. The van der Waals surface area contributed by atoms with Crippen LogP contribution < -0.4 is 0 Å². The molecule has 1 aliphatic carbocycles. The third kappa shape index (κ3) is 2.39. The molecule has 2 aromatic rings. The number of hydrogen-bond donors (Lipinski definition) is 1. The fourth-order valence-electron chi connectivity index (χ4n) is 3.05. The Kier molecular flexibility index (Phi) is 3.70. The van der Waals surface area contributed by atoms with Crippen LogP contribution in [0.15, 0.2) is 30.3 Å². The highest BCUT2D eigenvalue weighted by Crippen LogP contribution is 2.35. The molecule has 22 heavy (non-hydrogen) atoms. The van der Waals surface area contributed by atoms with Crippen LogP contribution in [0.5, 0.6) is 0 Å². The second-order valence-electron chi connectivity index (χ2n) is 5.56. The molecule has 0 saturated heterocycles. The third-order valence-corrected chi connectivity index (χ3v) is 5.09. The number of likely N-dealkylation sites (N-methyl/N-ethyl adjacent to an activating group) is 1. The molecule has 2 atom stereocenters. The number of carboxylic acids is 1. The Balaban J connectivity index is 1.81. The maximum absolute atomic E-state index is 12.5. The third-order valence-electron chi connectivity index (χ3n) is 4.31. The Morgan fingerprint density at radius 1 is 1.36 bits per heavy atom. The highest BCUT2D eigenvalue weighted by Gasteiger charge is 2.34. The van der Waals surface area contributed by atoms with Crippen molar-refractivity contribution in [2.75, 3.05) is 7.05 Å². The van der Waals surface area contributed by atoms with Crippen LogP contribution in [0.4, 0.5) is 0 Å². The van der Waals surface area contributed by atoms with E-state index in [-0.39, 0.29) is 28.4 Å². The summed E-state index contributed by atoms with van der Waals surface area (Å²) in [6.07, 6.45) is 0.815. The van der Waals surface area contributed by atoms with E-state index in [1.54, 1.807) is 11.9 Å². The topological polar surface area (TPSA) is 70.5 Å². The number of carbonyl (C=O) groups is 2. The first-order valence-corrected chi connectivity index (χ1v) is 7.81. The summed E-state index contributed by atoms with van der Waals surface area (Å²) in [5.41, 5.74) is 2.74. The Morgan fingerprint density at radius 2 is 2.09 bits per heavy atom. The number of fused-ring (bicyclic) bond motifs is 1. The van der Waals surface area contributed by atoms with E-state index in [1.807, 2.05) is 12.1 Å². The van der Waals surface area contributed by atoms with Crippen molar-refractivity contribution in [2.24, 2.45) is 0 Å². The highest BCUT2D eigenvalue weighted by molar-refractivity contribution is 7.08. The standard InChI is InChI=1S/C16H16N2O3S/c1-9-11-6-4-3-5-10(11)7-13(9)18(2)15(19)12-8-14(16(20)21)22-17-12/h3-6,8-9,13H,7H2,1-2H3,(H,20,21). The van der Waals surface area contributed by atoms with Crippen LogP contribution in [0.1, 0.15) is 44.1 Å². The fourth-order valence-corrected chi connectivity index (χ4v) is 3.62. The lowest BCUT2D eigenvalue weighted by atomic mass is 10.00. The lowest BCUT2D eigenvalue weighted by Crippen LogP contribution is -2.39. The molecule has 114 valence electrons. The zero-order chi connectivity index (χ0) is 15.9. The highest BCUT2D eigenvalue weighted by atomic mass is 32.1. The molecule has 0 saturated carbocycles. The summed E-state index contributed by atoms with van der Waals surface area (Å²) in [6.45, 7) is 2.12. The predicted molar refractivity (Wildman–Crippen MR) is 83.5 cm³/mol. The molecule has 1 aromatic carbocycles. The first-order valence-electron chi connectivity index (χ1n) is 7.04. The molecule has 1 heterocycles. The largest absolute Gasteiger partial charge is 0.477 e. The lowest BCUT2D eigenvalue weighted by Gasteiger charge is -2.27. The van der Waals surface area contributed by atoms with Gasteiger partial charge in [-0.05, 0) is 35.1 Å².